The molecule has 0 unspecified atom stereocenters. The Hall–Kier alpha value is -0.710. The quantitative estimate of drug-likeness (QED) is 0.705. The van der Waals surface area contributed by atoms with Crippen molar-refractivity contribution in [3.05, 3.63) is 0 Å². The Bertz CT molecular complexity index is 197. The first kappa shape index (κ1) is 10.4. The van der Waals surface area contributed by atoms with Gasteiger partial charge in [0.1, 0.15) is 0 Å². The van der Waals surface area contributed by atoms with Crippen molar-refractivity contribution in [1.82, 2.24) is 5.32 Å². The zero-order valence-corrected chi connectivity index (χ0v) is 7.22. The first-order valence-electron chi connectivity index (χ1n) is 4.30. The van der Waals surface area contributed by atoms with Crippen LogP contribution in [0.5, 0.6) is 0 Å². The number of carboxylic acids is 1. The second kappa shape index (κ2) is 4.00. The van der Waals surface area contributed by atoms with Crippen molar-refractivity contribution in [3.63, 3.8) is 0 Å². The van der Waals surface area contributed by atoms with Gasteiger partial charge in [-0.25, -0.2) is 8.78 Å². The highest BCUT2D eigenvalue weighted by atomic mass is 19.3. The van der Waals surface area contributed by atoms with Gasteiger partial charge in [0.2, 0.25) is 0 Å². The van der Waals surface area contributed by atoms with E-state index in [0.717, 1.165) is 0 Å². The van der Waals surface area contributed by atoms with Gasteiger partial charge in [0, 0.05) is 12.8 Å². The van der Waals surface area contributed by atoms with Crippen LogP contribution in [0.4, 0.5) is 8.78 Å². The van der Waals surface area contributed by atoms with Crippen LogP contribution in [0.25, 0.3) is 0 Å². The third-order valence-electron chi connectivity index (χ3n) is 2.17. The van der Waals surface area contributed by atoms with Gasteiger partial charge in [-0.1, -0.05) is 0 Å². The number of aliphatic carboxylic acids is 1. The molecule has 1 fully saturated rings. The molecule has 1 atom stereocenters. The number of carboxylic acid groups (broad SMARTS) is 1. The highest BCUT2D eigenvalue weighted by Gasteiger charge is 2.35. The second-order valence-corrected chi connectivity index (χ2v) is 3.49. The lowest BCUT2D eigenvalue weighted by Crippen LogP contribution is -2.43. The maximum Gasteiger partial charge on any atom is 0.303 e. The number of hydrogen-bond acceptors (Lipinski definition) is 2. The summed E-state index contributed by atoms with van der Waals surface area (Å²) in [4.78, 5) is 10.2. The molecule has 76 valence electrons. The van der Waals surface area contributed by atoms with Crippen LogP contribution in [0.15, 0.2) is 0 Å². The molecule has 0 aromatic rings. The van der Waals surface area contributed by atoms with Crippen LogP contribution in [0.3, 0.4) is 0 Å². The fraction of sp³-hybridized carbons (Fsp3) is 0.875. The Kier molecular flexibility index (Phi) is 3.19. The first-order chi connectivity index (χ1) is 5.99. The zero-order chi connectivity index (χ0) is 9.90. The lowest BCUT2D eigenvalue weighted by atomic mass is 9.92. The van der Waals surface area contributed by atoms with Crippen molar-refractivity contribution in [2.75, 3.05) is 13.1 Å². The molecule has 0 amide bonds. The van der Waals surface area contributed by atoms with Crippen LogP contribution in [0.2, 0.25) is 0 Å². The molecule has 5 heteroatoms. The number of rotatable bonds is 3. The van der Waals surface area contributed by atoms with E-state index in [-0.39, 0.29) is 25.3 Å². The topological polar surface area (TPSA) is 49.3 Å². The molecule has 0 bridgehead atoms. The SMILES string of the molecule is O=C(O)CC[C@H]1CNCC(F)(F)C1. The van der Waals surface area contributed by atoms with Crippen LogP contribution in [0.1, 0.15) is 19.3 Å². The molecule has 13 heavy (non-hydrogen) atoms. The van der Waals surface area contributed by atoms with Gasteiger partial charge in [0.15, 0.2) is 0 Å². The fourth-order valence-corrected chi connectivity index (χ4v) is 1.56. The Balaban J connectivity index is 2.30. The third-order valence-corrected chi connectivity index (χ3v) is 2.17. The first-order valence-corrected chi connectivity index (χ1v) is 4.30. The van der Waals surface area contributed by atoms with Crippen molar-refractivity contribution in [3.8, 4) is 0 Å². The smallest absolute Gasteiger partial charge is 0.303 e. The van der Waals surface area contributed by atoms with Crippen molar-refractivity contribution in [1.29, 1.82) is 0 Å². The summed E-state index contributed by atoms with van der Waals surface area (Å²) in [5, 5.41) is 11.0. The second-order valence-electron chi connectivity index (χ2n) is 3.49. The van der Waals surface area contributed by atoms with E-state index in [4.69, 9.17) is 5.11 Å². The molecule has 1 aliphatic rings. The summed E-state index contributed by atoms with van der Waals surface area (Å²) in [5.74, 6) is -3.80. The van der Waals surface area contributed by atoms with Gasteiger partial charge >= 0.3 is 5.97 Å². The van der Waals surface area contributed by atoms with Crippen molar-refractivity contribution >= 4 is 5.97 Å². The molecular weight excluding hydrogens is 180 g/mol. The molecule has 1 saturated heterocycles. The van der Waals surface area contributed by atoms with E-state index in [1.807, 2.05) is 0 Å². The minimum atomic E-state index is -2.67. The molecule has 0 saturated carbocycles. The number of carbonyl (C=O) groups is 1. The standard InChI is InChI=1S/C8H13F2NO2/c9-8(10)3-6(4-11-5-8)1-2-7(12)13/h6,11H,1-5H2,(H,12,13)/t6-/m1/s1. The van der Waals surface area contributed by atoms with E-state index < -0.39 is 11.9 Å². The highest BCUT2D eigenvalue weighted by molar-refractivity contribution is 5.66. The van der Waals surface area contributed by atoms with Crippen LogP contribution < -0.4 is 5.32 Å². The zero-order valence-electron chi connectivity index (χ0n) is 7.22. The van der Waals surface area contributed by atoms with Gasteiger partial charge in [0.05, 0.1) is 6.54 Å². The summed E-state index contributed by atoms with van der Waals surface area (Å²) >= 11 is 0. The van der Waals surface area contributed by atoms with E-state index in [0.29, 0.717) is 13.0 Å². The van der Waals surface area contributed by atoms with E-state index >= 15 is 0 Å². The number of piperidine rings is 1. The summed E-state index contributed by atoms with van der Waals surface area (Å²) in [7, 11) is 0. The maximum absolute atomic E-state index is 12.8. The predicted octanol–water partition coefficient (Wildman–Crippen LogP) is 1.10. The molecule has 1 heterocycles. The Labute approximate surface area is 75.1 Å². The Morgan fingerprint density at radius 2 is 2.31 bits per heavy atom. The third kappa shape index (κ3) is 3.67. The number of halogens is 2. The molecule has 3 nitrogen and oxygen atoms in total. The van der Waals surface area contributed by atoms with E-state index in [2.05, 4.69) is 5.32 Å². The van der Waals surface area contributed by atoms with Gasteiger partial charge in [0.25, 0.3) is 5.92 Å². The Morgan fingerprint density at radius 3 is 2.85 bits per heavy atom. The number of nitrogens with one attached hydrogen (secondary N) is 1. The van der Waals surface area contributed by atoms with Crippen LogP contribution in [-0.4, -0.2) is 30.1 Å². The highest BCUT2D eigenvalue weighted by Crippen LogP contribution is 2.28. The Morgan fingerprint density at radius 1 is 1.62 bits per heavy atom. The monoisotopic (exact) mass is 193 g/mol. The maximum atomic E-state index is 12.8. The molecule has 0 aliphatic carbocycles. The normalized spacial score (nSPS) is 27.1. The predicted molar refractivity (Wildman–Crippen MR) is 42.8 cm³/mol. The summed E-state index contributed by atoms with van der Waals surface area (Å²) < 4.78 is 25.5. The molecule has 0 aromatic heterocycles. The molecule has 0 aromatic carbocycles. The van der Waals surface area contributed by atoms with Crippen LogP contribution in [0, 0.1) is 5.92 Å². The van der Waals surface area contributed by atoms with Crippen molar-refractivity contribution in [2.45, 2.75) is 25.2 Å². The van der Waals surface area contributed by atoms with E-state index in [1.54, 1.807) is 0 Å². The lowest BCUT2D eigenvalue weighted by Gasteiger charge is -2.29. The average molecular weight is 193 g/mol. The molecule has 0 spiro atoms. The van der Waals surface area contributed by atoms with E-state index in [1.165, 1.54) is 0 Å². The molecule has 1 aliphatic heterocycles. The number of alkyl halides is 2. The largest absolute Gasteiger partial charge is 0.481 e. The fourth-order valence-electron chi connectivity index (χ4n) is 1.56. The van der Waals surface area contributed by atoms with Gasteiger partial charge in [-0.2, -0.15) is 0 Å². The van der Waals surface area contributed by atoms with Gasteiger partial charge in [-0.05, 0) is 18.9 Å². The number of hydrogen-bond donors (Lipinski definition) is 2. The minimum Gasteiger partial charge on any atom is -0.481 e. The van der Waals surface area contributed by atoms with Crippen molar-refractivity contribution in [2.24, 2.45) is 5.92 Å². The summed E-state index contributed by atoms with van der Waals surface area (Å²) in [6, 6.07) is 0. The molecular formula is C8H13F2NO2. The van der Waals surface area contributed by atoms with Crippen LogP contribution >= 0.6 is 0 Å². The summed E-state index contributed by atoms with van der Waals surface area (Å²) in [6.07, 6.45) is 0.119. The minimum absolute atomic E-state index is 0.0254. The van der Waals surface area contributed by atoms with E-state index in [9.17, 15) is 13.6 Å². The van der Waals surface area contributed by atoms with Gasteiger partial charge < -0.3 is 10.4 Å². The summed E-state index contributed by atoms with van der Waals surface area (Å²) in [6.45, 7) is 0.222. The van der Waals surface area contributed by atoms with Crippen LogP contribution in [-0.2, 0) is 4.79 Å². The molecule has 2 N–H and O–H groups in total. The van der Waals surface area contributed by atoms with Gasteiger partial charge in [-0.3, -0.25) is 4.79 Å². The van der Waals surface area contributed by atoms with Gasteiger partial charge in [-0.15, -0.1) is 0 Å². The molecule has 1 rings (SSSR count). The summed E-state index contributed by atoms with van der Waals surface area (Å²) in [5.41, 5.74) is 0. The molecule has 0 radical (unpaired) electrons. The van der Waals surface area contributed by atoms with Crippen molar-refractivity contribution < 1.29 is 18.7 Å². The average Bonchev–Trinajstić information content (AvgIpc) is 1.99. The lowest BCUT2D eigenvalue weighted by molar-refractivity contribution is -0.137.